The minimum absolute atomic E-state index is 0.0896. The fourth-order valence-electron chi connectivity index (χ4n) is 2.02. The Morgan fingerprint density at radius 3 is 2.47 bits per heavy atom. The molecule has 0 aromatic carbocycles. The van der Waals surface area contributed by atoms with Crippen LogP contribution in [0.4, 0.5) is 4.79 Å². The first kappa shape index (κ1) is 13.8. The van der Waals surface area contributed by atoms with Gasteiger partial charge in [0.05, 0.1) is 6.42 Å². The van der Waals surface area contributed by atoms with Crippen LogP contribution in [0.25, 0.3) is 0 Å². The van der Waals surface area contributed by atoms with Gasteiger partial charge >= 0.3 is 12.1 Å². The molecule has 0 unspecified atom stereocenters. The van der Waals surface area contributed by atoms with Gasteiger partial charge in [-0.2, -0.15) is 0 Å². The van der Waals surface area contributed by atoms with Gasteiger partial charge in [-0.25, -0.2) is 4.79 Å². The average Bonchev–Trinajstić information content (AvgIpc) is 2.43. The monoisotopic (exact) mass is 243 g/mol. The summed E-state index contributed by atoms with van der Waals surface area (Å²) in [5, 5.41) is 8.82. The Bertz CT molecular complexity index is 321. The molecule has 98 valence electrons. The van der Waals surface area contributed by atoms with Crippen molar-refractivity contribution in [1.29, 1.82) is 0 Å². The van der Waals surface area contributed by atoms with E-state index >= 15 is 0 Å². The van der Waals surface area contributed by atoms with Crippen molar-refractivity contribution in [2.75, 3.05) is 13.1 Å². The number of carbonyl (C=O) groups is 2. The number of carboxylic acids is 1. The quantitative estimate of drug-likeness (QED) is 0.806. The van der Waals surface area contributed by atoms with Crippen molar-refractivity contribution in [3.05, 3.63) is 0 Å². The highest BCUT2D eigenvalue weighted by atomic mass is 16.6. The summed E-state index contributed by atoms with van der Waals surface area (Å²) in [5.74, 6) is -0.821. The number of hydrogen-bond donors (Lipinski definition) is 1. The van der Waals surface area contributed by atoms with Crippen LogP contribution in [0.3, 0.4) is 0 Å². The normalized spacial score (nSPS) is 24.8. The molecular weight excluding hydrogens is 222 g/mol. The molecule has 0 radical (unpaired) electrons. The third-order valence-corrected chi connectivity index (χ3v) is 2.79. The number of ether oxygens (including phenoxy) is 1. The summed E-state index contributed by atoms with van der Waals surface area (Å²) >= 11 is 0. The third-order valence-electron chi connectivity index (χ3n) is 2.79. The van der Waals surface area contributed by atoms with Crippen molar-refractivity contribution in [2.24, 2.45) is 5.41 Å². The van der Waals surface area contributed by atoms with Crippen LogP contribution in [0, 0.1) is 5.41 Å². The van der Waals surface area contributed by atoms with E-state index in [0.29, 0.717) is 19.5 Å². The number of carboxylic acid groups (broad SMARTS) is 1. The molecule has 1 fully saturated rings. The third kappa shape index (κ3) is 4.24. The molecule has 1 rings (SSSR count). The number of nitrogens with zero attached hydrogens (tertiary/aromatic N) is 1. The van der Waals surface area contributed by atoms with Crippen LogP contribution in [0.5, 0.6) is 0 Å². The highest BCUT2D eigenvalue weighted by Crippen LogP contribution is 2.34. The Morgan fingerprint density at radius 2 is 2.00 bits per heavy atom. The van der Waals surface area contributed by atoms with Gasteiger partial charge in [0.25, 0.3) is 0 Å². The molecular formula is C12H21NO4. The molecule has 0 aliphatic carbocycles. The van der Waals surface area contributed by atoms with E-state index in [0.717, 1.165) is 0 Å². The molecule has 0 aromatic rings. The first-order valence-corrected chi connectivity index (χ1v) is 5.81. The standard InChI is InChI=1S/C12H21NO4/c1-11(2,3)17-10(16)13-6-5-12(4,8-13)7-9(14)15/h5-8H2,1-4H3,(H,14,15)/t12-/m1/s1. The summed E-state index contributed by atoms with van der Waals surface area (Å²) in [7, 11) is 0. The Morgan fingerprint density at radius 1 is 1.41 bits per heavy atom. The largest absolute Gasteiger partial charge is 0.481 e. The van der Waals surface area contributed by atoms with Gasteiger partial charge in [-0.15, -0.1) is 0 Å². The molecule has 1 N–H and O–H groups in total. The second-order valence-electron chi connectivity index (χ2n) is 6.03. The fraction of sp³-hybridized carbons (Fsp3) is 0.833. The van der Waals surface area contributed by atoms with E-state index in [2.05, 4.69) is 0 Å². The second-order valence-corrected chi connectivity index (χ2v) is 6.03. The van der Waals surface area contributed by atoms with Crippen LogP contribution >= 0.6 is 0 Å². The topological polar surface area (TPSA) is 66.8 Å². The minimum Gasteiger partial charge on any atom is -0.481 e. The Balaban J connectivity index is 2.55. The van der Waals surface area contributed by atoms with E-state index in [4.69, 9.17) is 9.84 Å². The lowest BCUT2D eigenvalue weighted by Gasteiger charge is -2.26. The molecule has 1 saturated heterocycles. The van der Waals surface area contributed by atoms with Crippen LogP contribution in [-0.2, 0) is 9.53 Å². The lowest BCUT2D eigenvalue weighted by molar-refractivity contribution is -0.139. The summed E-state index contributed by atoms with van der Waals surface area (Å²) in [6.07, 6.45) is 0.441. The molecule has 0 bridgehead atoms. The van der Waals surface area contributed by atoms with Crippen molar-refractivity contribution >= 4 is 12.1 Å². The van der Waals surface area contributed by atoms with Gasteiger partial charge in [-0.3, -0.25) is 4.79 Å². The van der Waals surface area contributed by atoms with Crippen molar-refractivity contribution in [3.63, 3.8) is 0 Å². The van der Waals surface area contributed by atoms with Gasteiger partial charge in [0.15, 0.2) is 0 Å². The first-order valence-electron chi connectivity index (χ1n) is 5.81. The van der Waals surface area contributed by atoms with Gasteiger partial charge in [0.2, 0.25) is 0 Å². The zero-order valence-corrected chi connectivity index (χ0v) is 10.9. The maximum atomic E-state index is 11.8. The summed E-state index contributed by atoms with van der Waals surface area (Å²) in [4.78, 5) is 24.1. The van der Waals surface area contributed by atoms with Crippen molar-refractivity contribution < 1.29 is 19.4 Å². The highest BCUT2D eigenvalue weighted by molar-refractivity contribution is 5.70. The maximum absolute atomic E-state index is 11.8. The van der Waals surface area contributed by atoms with Crippen LogP contribution in [0.1, 0.15) is 40.5 Å². The SMILES string of the molecule is CC(C)(C)OC(=O)N1CC[C@](C)(CC(=O)O)C1. The summed E-state index contributed by atoms with van der Waals surface area (Å²) in [6, 6.07) is 0. The van der Waals surface area contributed by atoms with Crippen LogP contribution in [0.2, 0.25) is 0 Å². The molecule has 1 aliphatic rings. The number of carbonyl (C=O) groups excluding carboxylic acids is 1. The maximum Gasteiger partial charge on any atom is 0.410 e. The zero-order valence-electron chi connectivity index (χ0n) is 10.9. The molecule has 5 heteroatoms. The number of rotatable bonds is 2. The molecule has 1 amide bonds. The zero-order chi connectivity index (χ0) is 13.3. The summed E-state index contributed by atoms with van der Waals surface area (Å²) in [5.41, 5.74) is -0.842. The Kier molecular flexibility index (Phi) is 3.69. The number of aliphatic carboxylic acids is 1. The van der Waals surface area contributed by atoms with Gasteiger partial charge in [0, 0.05) is 13.1 Å². The molecule has 1 atom stereocenters. The van der Waals surface area contributed by atoms with E-state index in [-0.39, 0.29) is 17.9 Å². The molecule has 17 heavy (non-hydrogen) atoms. The van der Waals surface area contributed by atoms with E-state index in [1.165, 1.54) is 0 Å². The van der Waals surface area contributed by atoms with E-state index in [1.54, 1.807) is 4.90 Å². The lowest BCUT2D eigenvalue weighted by atomic mass is 9.86. The lowest BCUT2D eigenvalue weighted by Crippen LogP contribution is -2.36. The number of hydrogen-bond acceptors (Lipinski definition) is 3. The van der Waals surface area contributed by atoms with Crippen molar-refractivity contribution in [3.8, 4) is 0 Å². The number of likely N-dealkylation sites (tertiary alicyclic amines) is 1. The Hall–Kier alpha value is -1.26. The predicted molar refractivity (Wildman–Crippen MR) is 62.8 cm³/mol. The second kappa shape index (κ2) is 4.55. The fourth-order valence-corrected chi connectivity index (χ4v) is 2.02. The van der Waals surface area contributed by atoms with Crippen LogP contribution < -0.4 is 0 Å². The predicted octanol–water partition coefficient (Wildman–Crippen LogP) is 2.11. The van der Waals surface area contributed by atoms with Gasteiger partial charge < -0.3 is 14.7 Å². The van der Waals surface area contributed by atoms with Crippen LogP contribution in [0.15, 0.2) is 0 Å². The minimum atomic E-state index is -0.821. The summed E-state index contributed by atoms with van der Waals surface area (Å²) < 4.78 is 5.26. The molecule has 0 spiro atoms. The van der Waals surface area contributed by atoms with E-state index in [9.17, 15) is 9.59 Å². The van der Waals surface area contributed by atoms with Crippen LogP contribution in [-0.4, -0.2) is 40.8 Å². The molecule has 1 heterocycles. The van der Waals surface area contributed by atoms with Gasteiger partial charge in [0.1, 0.15) is 5.60 Å². The van der Waals surface area contributed by atoms with Gasteiger partial charge in [-0.05, 0) is 32.6 Å². The average molecular weight is 243 g/mol. The molecule has 5 nitrogen and oxygen atoms in total. The van der Waals surface area contributed by atoms with Gasteiger partial charge in [-0.1, -0.05) is 6.92 Å². The molecule has 0 aromatic heterocycles. The van der Waals surface area contributed by atoms with E-state index in [1.807, 2.05) is 27.7 Å². The first-order chi connectivity index (χ1) is 7.61. The van der Waals surface area contributed by atoms with Crippen molar-refractivity contribution in [1.82, 2.24) is 4.90 Å². The smallest absolute Gasteiger partial charge is 0.410 e. The number of amides is 1. The summed E-state index contributed by atoms with van der Waals surface area (Å²) in [6.45, 7) is 8.37. The Labute approximate surface area is 102 Å². The van der Waals surface area contributed by atoms with E-state index < -0.39 is 11.6 Å². The highest BCUT2D eigenvalue weighted by Gasteiger charge is 2.39. The molecule has 1 aliphatic heterocycles. The van der Waals surface area contributed by atoms with Crippen molar-refractivity contribution in [2.45, 2.75) is 46.1 Å². The molecule has 0 saturated carbocycles.